The molecule has 1 aromatic rings. The molecule has 1 heterocycles. The maximum atomic E-state index is 10.1. The Morgan fingerprint density at radius 1 is 1.39 bits per heavy atom. The van der Waals surface area contributed by atoms with Gasteiger partial charge in [-0.25, -0.2) is 0 Å². The van der Waals surface area contributed by atoms with Gasteiger partial charge >= 0.3 is 0 Å². The lowest BCUT2D eigenvalue weighted by Crippen LogP contribution is -2.14. The number of methoxy groups -OCH3 is 1. The molecule has 0 saturated carbocycles. The summed E-state index contributed by atoms with van der Waals surface area (Å²) in [5, 5.41) is 14.8. The lowest BCUT2D eigenvalue weighted by Gasteiger charge is -2.16. The Morgan fingerprint density at radius 2 is 2.11 bits per heavy atom. The zero-order valence-electron chi connectivity index (χ0n) is 11.1. The van der Waals surface area contributed by atoms with Crippen molar-refractivity contribution in [2.45, 2.75) is 32.4 Å². The van der Waals surface area contributed by atoms with E-state index in [0.29, 0.717) is 37.0 Å². The third kappa shape index (κ3) is 4.24. The molecule has 1 unspecified atom stereocenters. The normalized spacial score (nSPS) is 13.2. The highest BCUT2D eigenvalue weighted by Gasteiger charge is 2.19. The van der Waals surface area contributed by atoms with E-state index in [1.807, 2.05) is 13.8 Å². The standard InChI is InChI=1S/C12H21ClN2O3/c1-9(2)15-12(10(13)8-14-15)11(16)4-5-18-7-6-17-3/h8-9,11,16H,4-7H2,1-3H3. The molecule has 6 heteroatoms. The van der Waals surface area contributed by atoms with Gasteiger partial charge < -0.3 is 14.6 Å². The molecule has 0 fully saturated rings. The second kappa shape index (κ2) is 7.74. The molecular formula is C12H21ClN2O3. The van der Waals surface area contributed by atoms with Gasteiger partial charge in [0.2, 0.25) is 0 Å². The molecule has 0 saturated heterocycles. The first-order valence-corrected chi connectivity index (χ1v) is 6.43. The minimum absolute atomic E-state index is 0.163. The predicted molar refractivity (Wildman–Crippen MR) is 69.9 cm³/mol. The van der Waals surface area contributed by atoms with Crippen molar-refractivity contribution in [1.29, 1.82) is 0 Å². The Labute approximate surface area is 113 Å². The van der Waals surface area contributed by atoms with Crippen LogP contribution in [0.1, 0.15) is 38.1 Å². The Balaban J connectivity index is 2.50. The number of nitrogens with zero attached hydrogens (tertiary/aromatic N) is 2. The van der Waals surface area contributed by atoms with Crippen molar-refractivity contribution < 1.29 is 14.6 Å². The minimum Gasteiger partial charge on any atom is -0.387 e. The van der Waals surface area contributed by atoms with Crippen LogP contribution in [-0.2, 0) is 9.47 Å². The topological polar surface area (TPSA) is 56.5 Å². The third-order valence-corrected chi connectivity index (χ3v) is 2.85. The van der Waals surface area contributed by atoms with Crippen LogP contribution < -0.4 is 0 Å². The van der Waals surface area contributed by atoms with Crippen molar-refractivity contribution in [2.24, 2.45) is 0 Å². The van der Waals surface area contributed by atoms with Crippen LogP contribution in [-0.4, -0.2) is 41.8 Å². The summed E-state index contributed by atoms with van der Waals surface area (Å²) in [6.45, 7) is 5.54. The maximum absolute atomic E-state index is 10.1. The van der Waals surface area contributed by atoms with E-state index in [0.717, 1.165) is 0 Å². The van der Waals surface area contributed by atoms with Gasteiger partial charge in [0.05, 0.1) is 36.2 Å². The van der Waals surface area contributed by atoms with E-state index >= 15 is 0 Å². The quantitative estimate of drug-likeness (QED) is 0.740. The van der Waals surface area contributed by atoms with Gasteiger partial charge in [-0.2, -0.15) is 5.10 Å². The Hall–Kier alpha value is -0.620. The van der Waals surface area contributed by atoms with Gasteiger partial charge in [-0.05, 0) is 13.8 Å². The van der Waals surface area contributed by atoms with Crippen LogP contribution in [0, 0.1) is 0 Å². The van der Waals surface area contributed by atoms with Crippen LogP contribution in [0.4, 0.5) is 0 Å². The lowest BCUT2D eigenvalue weighted by molar-refractivity contribution is 0.0454. The molecule has 104 valence electrons. The largest absolute Gasteiger partial charge is 0.387 e. The van der Waals surface area contributed by atoms with Gasteiger partial charge in [-0.3, -0.25) is 4.68 Å². The molecule has 0 aliphatic carbocycles. The summed E-state index contributed by atoms with van der Waals surface area (Å²) in [4.78, 5) is 0. The summed E-state index contributed by atoms with van der Waals surface area (Å²) in [5.41, 5.74) is 0.655. The number of halogens is 1. The fourth-order valence-corrected chi connectivity index (χ4v) is 1.91. The molecule has 0 amide bonds. The smallest absolute Gasteiger partial charge is 0.0993 e. The van der Waals surface area contributed by atoms with Crippen molar-refractivity contribution in [3.8, 4) is 0 Å². The number of rotatable bonds is 8. The number of aliphatic hydroxyl groups excluding tert-OH is 1. The lowest BCUT2D eigenvalue weighted by atomic mass is 10.2. The van der Waals surface area contributed by atoms with Crippen molar-refractivity contribution in [2.75, 3.05) is 26.9 Å². The number of hydrogen-bond acceptors (Lipinski definition) is 4. The predicted octanol–water partition coefficient (Wildman–Crippen LogP) is 2.20. The van der Waals surface area contributed by atoms with Crippen molar-refractivity contribution in [3.63, 3.8) is 0 Å². The minimum atomic E-state index is -0.662. The zero-order chi connectivity index (χ0) is 13.5. The number of hydrogen-bond donors (Lipinski definition) is 1. The second-order valence-corrected chi connectivity index (χ2v) is 4.73. The van der Waals surface area contributed by atoms with E-state index in [1.165, 1.54) is 0 Å². The van der Waals surface area contributed by atoms with E-state index in [4.69, 9.17) is 21.1 Å². The molecular weight excluding hydrogens is 256 g/mol. The van der Waals surface area contributed by atoms with Gasteiger partial charge in [-0.15, -0.1) is 0 Å². The van der Waals surface area contributed by atoms with Crippen LogP contribution in [0.2, 0.25) is 5.02 Å². The molecule has 0 aliphatic rings. The highest BCUT2D eigenvalue weighted by Crippen LogP contribution is 2.27. The highest BCUT2D eigenvalue weighted by atomic mass is 35.5. The highest BCUT2D eigenvalue weighted by molar-refractivity contribution is 6.31. The van der Waals surface area contributed by atoms with E-state index in [2.05, 4.69) is 5.10 Å². The first-order chi connectivity index (χ1) is 8.57. The fraction of sp³-hybridized carbons (Fsp3) is 0.750. The summed E-state index contributed by atoms with van der Waals surface area (Å²) in [7, 11) is 1.62. The molecule has 1 N–H and O–H groups in total. The molecule has 0 aliphatic heterocycles. The van der Waals surface area contributed by atoms with Crippen molar-refractivity contribution in [3.05, 3.63) is 16.9 Å². The Kier molecular flexibility index (Phi) is 6.63. The summed E-state index contributed by atoms with van der Waals surface area (Å²) in [6, 6.07) is 0.163. The van der Waals surface area contributed by atoms with Gasteiger partial charge in [0, 0.05) is 26.2 Å². The van der Waals surface area contributed by atoms with Crippen LogP contribution >= 0.6 is 11.6 Å². The Morgan fingerprint density at radius 3 is 2.72 bits per heavy atom. The van der Waals surface area contributed by atoms with Crippen molar-refractivity contribution in [1.82, 2.24) is 9.78 Å². The van der Waals surface area contributed by atoms with E-state index in [1.54, 1.807) is 18.0 Å². The molecule has 1 atom stereocenters. The first-order valence-electron chi connectivity index (χ1n) is 6.05. The molecule has 1 rings (SSSR count). The monoisotopic (exact) mass is 276 g/mol. The second-order valence-electron chi connectivity index (χ2n) is 4.33. The molecule has 0 radical (unpaired) electrons. The summed E-state index contributed by atoms with van der Waals surface area (Å²) in [6.07, 6.45) is 1.39. The average molecular weight is 277 g/mol. The van der Waals surface area contributed by atoms with Crippen LogP contribution in [0.15, 0.2) is 6.20 Å². The SMILES string of the molecule is COCCOCCC(O)c1c(Cl)cnn1C(C)C. The van der Waals surface area contributed by atoms with E-state index in [-0.39, 0.29) is 6.04 Å². The van der Waals surface area contributed by atoms with E-state index in [9.17, 15) is 5.11 Å². The number of aromatic nitrogens is 2. The van der Waals surface area contributed by atoms with Crippen LogP contribution in [0.3, 0.4) is 0 Å². The maximum Gasteiger partial charge on any atom is 0.0993 e. The average Bonchev–Trinajstić information content (AvgIpc) is 2.71. The number of ether oxygens (including phenoxy) is 2. The molecule has 1 aromatic heterocycles. The van der Waals surface area contributed by atoms with Crippen LogP contribution in [0.5, 0.6) is 0 Å². The fourth-order valence-electron chi connectivity index (χ4n) is 1.65. The van der Waals surface area contributed by atoms with Crippen molar-refractivity contribution >= 4 is 11.6 Å². The zero-order valence-corrected chi connectivity index (χ0v) is 11.9. The third-order valence-electron chi connectivity index (χ3n) is 2.56. The van der Waals surface area contributed by atoms with Crippen LogP contribution in [0.25, 0.3) is 0 Å². The first kappa shape index (κ1) is 15.4. The van der Waals surface area contributed by atoms with Gasteiger partial charge in [0.25, 0.3) is 0 Å². The molecule has 18 heavy (non-hydrogen) atoms. The summed E-state index contributed by atoms with van der Waals surface area (Å²) >= 11 is 6.04. The molecule has 0 bridgehead atoms. The van der Waals surface area contributed by atoms with Gasteiger partial charge in [0.15, 0.2) is 0 Å². The van der Waals surface area contributed by atoms with Gasteiger partial charge in [-0.1, -0.05) is 11.6 Å². The van der Waals surface area contributed by atoms with Gasteiger partial charge in [0.1, 0.15) is 0 Å². The Bertz CT molecular complexity index is 355. The summed E-state index contributed by atoms with van der Waals surface area (Å²) < 4.78 is 11.9. The summed E-state index contributed by atoms with van der Waals surface area (Å²) in [5.74, 6) is 0. The molecule has 0 spiro atoms. The van der Waals surface area contributed by atoms with E-state index < -0.39 is 6.10 Å². The molecule has 0 aromatic carbocycles. The number of aliphatic hydroxyl groups is 1. The molecule has 5 nitrogen and oxygen atoms in total.